The molecule has 4 aliphatic rings. The van der Waals surface area contributed by atoms with Gasteiger partial charge >= 0.3 is 5.97 Å². The average Bonchev–Trinajstić information content (AvgIpc) is 2.53. The first-order valence-electron chi connectivity index (χ1n) is 9.52. The zero-order chi connectivity index (χ0) is 17.4. The van der Waals surface area contributed by atoms with Crippen molar-refractivity contribution in [3.63, 3.8) is 0 Å². The van der Waals surface area contributed by atoms with Gasteiger partial charge in [-0.15, -0.1) is 0 Å². The van der Waals surface area contributed by atoms with Crippen LogP contribution in [0.1, 0.15) is 50.5 Å². The van der Waals surface area contributed by atoms with Crippen LogP contribution in [0.2, 0.25) is 0 Å². The molecule has 4 fully saturated rings. The third-order valence-corrected chi connectivity index (χ3v) is 6.47. The Kier molecular flexibility index (Phi) is 4.30. The second-order valence-electron chi connectivity index (χ2n) is 8.62. The van der Waals surface area contributed by atoms with Gasteiger partial charge in [-0.05, 0) is 80.2 Å². The van der Waals surface area contributed by atoms with E-state index in [9.17, 15) is 9.59 Å². The van der Waals surface area contributed by atoms with Crippen molar-refractivity contribution in [2.75, 3.05) is 11.9 Å². The van der Waals surface area contributed by atoms with Crippen LogP contribution in [-0.2, 0) is 14.3 Å². The maximum Gasteiger partial charge on any atom is 0.306 e. The number of aryl methyl sites for hydroxylation is 1. The van der Waals surface area contributed by atoms with Crippen LogP contribution in [0, 0.1) is 30.1 Å². The van der Waals surface area contributed by atoms with E-state index in [1.54, 1.807) is 0 Å². The molecular weight excluding hydrogens is 314 g/mol. The van der Waals surface area contributed by atoms with Crippen LogP contribution in [-0.4, -0.2) is 18.5 Å². The van der Waals surface area contributed by atoms with Gasteiger partial charge in [0.25, 0.3) is 5.91 Å². The average molecular weight is 341 g/mol. The van der Waals surface area contributed by atoms with E-state index >= 15 is 0 Å². The number of nitrogens with one attached hydrogen (secondary N) is 1. The number of amides is 1. The summed E-state index contributed by atoms with van der Waals surface area (Å²) in [5, 5.41) is 2.81. The Labute approximate surface area is 149 Å². The van der Waals surface area contributed by atoms with Crippen LogP contribution in [0.25, 0.3) is 0 Å². The Bertz CT molecular complexity index is 646. The lowest BCUT2D eigenvalue weighted by Crippen LogP contribution is -2.47. The molecule has 0 aliphatic heterocycles. The van der Waals surface area contributed by atoms with Crippen molar-refractivity contribution in [2.24, 2.45) is 23.2 Å². The first-order valence-corrected chi connectivity index (χ1v) is 9.52. The second kappa shape index (κ2) is 6.47. The van der Waals surface area contributed by atoms with Crippen molar-refractivity contribution in [3.8, 4) is 0 Å². The molecule has 0 atom stereocenters. The number of carbonyl (C=O) groups excluding carboxylic acids is 2. The van der Waals surface area contributed by atoms with Gasteiger partial charge in [0.1, 0.15) is 0 Å². The minimum absolute atomic E-state index is 0.165. The van der Waals surface area contributed by atoms with Gasteiger partial charge in [0, 0.05) is 5.69 Å². The summed E-state index contributed by atoms with van der Waals surface area (Å²) in [5.74, 6) is 1.99. The zero-order valence-corrected chi connectivity index (χ0v) is 14.9. The van der Waals surface area contributed by atoms with Gasteiger partial charge in [-0.25, -0.2) is 0 Å². The monoisotopic (exact) mass is 341 g/mol. The van der Waals surface area contributed by atoms with Gasteiger partial charge in [-0.1, -0.05) is 18.2 Å². The number of hydrogen-bond acceptors (Lipinski definition) is 3. The molecule has 0 unspecified atom stereocenters. The Morgan fingerprint density at radius 2 is 1.68 bits per heavy atom. The molecule has 4 saturated carbocycles. The molecule has 1 aromatic rings. The molecule has 25 heavy (non-hydrogen) atoms. The first kappa shape index (κ1) is 16.6. The summed E-state index contributed by atoms with van der Waals surface area (Å²) in [6.07, 6.45) is 8.15. The van der Waals surface area contributed by atoms with E-state index in [4.69, 9.17) is 4.74 Å². The van der Waals surface area contributed by atoms with Crippen molar-refractivity contribution in [3.05, 3.63) is 29.8 Å². The molecular formula is C21H27NO3. The fraction of sp³-hybridized carbons (Fsp3) is 0.619. The maximum atomic E-state index is 12.3. The SMILES string of the molecule is Cc1ccccc1NC(=O)COC(=O)CC12CC3CC(CC(C3)C1)C2. The fourth-order valence-corrected chi connectivity index (χ4v) is 5.91. The Morgan fingerprint density at radius 3 is 2.28 bits per heavy atom. The quantitative estimate of drug-likeness (QED) is 0.821. The van der Waals surface area contributed by atoms with Crippen molar-refractivity contribution in [2.45, 2.75) is 51.9 Å². The molecule has 4 heteroatoms. The fourth-order valence-electron chi connectivity index (χ4n) is 5.91. The molecule has 1 aromatic carbocycles. The molecule has 0 radical (unpaired) electrons. The lowest BCUT2D eigenvalue weighted by atomic mass is 9.49. The molecule has 0 aromatic heterocycles. The van der Waals surface area contributed by atoms with E-state index < -0.39 is 0 Å². The summed E-state index contributed by atoms with van der Waals surface area (Å²) >= 11 is 0. The van der Waals surface area contributed by atoms with E-state index in [1.165, 1.54) is 38.5 Å². The number of rotatable bonds is 5. The van der Waals surface area contributed by atoms with Crippen molar-refractivity contribution >= 4 is 17.6 Å². The lowest BCUT2D eigenvalue weighted by Gasteiger charge is -2.56. The number of benzene rings is 1. The largest absolute Gasteiger partial charge is 0.456 e. The van der Waals surface area contributed by atoms with Gasteiger partial charge in [0.05, 0.1) is 6.42 Å². The maximum absolute atomic E-state index is 12.3. The van der Waals surface area contributed by atoms with Crippen LogP contribution in [0.4, 0.5) is 5.69 Å². The lowest BCUT2D eigenvalue weighted by molar-refractivity contribution is -0.154. The summed E-state index contributed by atoms with van der Waals surface area (Å²) in [6, 6.07) is 7.59. The minimum atomic E-state index is -0.270. The topological polar surface area (TPSA) is 55.4 Å². The molecule has 0 spiro atoms. The molecule has 1 N–H and O–H groups in total. The molecule has 1 amide bonds. The Morgan fingerprint density at radius 1 is 1.08 bits per heavy atom. The highest BCUT2D eigenvalue weighted by Crippen LogP contribution is 2.61. The number of ether oxygens (including phenoxy) is 1. The summed E-state index contributed by atoms with van der Waals surface area (Å²) in [7, 11) is 0. The smallest absolute Gasteiger partial charge is 0.306 e. The van der Waals surface area contributed by atoms with E-state index in [2.05, 4.69) is 5.32 Å². The Hall–Kier alpha value is -1.84. The summed E-state index contributed by atoms with van der Waals surface area (Å²) in [5.41, 5.74) is 1.93. The first-order chi connectivity index (χ1) is 12.0. The number of para-hydroxylation sites is 1. The highest BCUT2D eigenvalue weighted by molar-refractivity contribution is 5.93. The normalized spacial score (nSPS) is 32.4. The third kappa shape index (κ3) is 3.58. The minimum Gasteiger partial charge on any atom is -0.456 e. The van der Waals surface area contributed by atoms with Gasteiger partial charge in [0.2, 0.25) is 0 Å². The van der Waals surface area contributed by atoms with E-state index in [-0.39, 0.29) is 23.9 Å². The van der Waals surface area contributed by atoms with Gasteiger partial charge in [0.15, 0.2) is 6.61 Å². The molecule has 4 nitrogen and oxygen atoms in total. The van der Waals surface area contributed by atoms with E-state index in [0.29, 0.717) is 6.42 Å². The summed E-state index contributed by atoms with van der Waals surface area (Å²) in [6.45, 7) is 1.74. The molecule has 5 rings (SSSR count). The van der Waals surface area contributed by atoms with Crippen LogP contribution >= 0.6 is 0 Å². The van der Waals surface area contributed by atoms with Crippen LogP contribution in [0.3, 0.4) is 0 Å². The van der Waals surface area contributed by atoms with Crippen LogP contribution in [0.5, 0.6) is 0 Å². The number of esters is 1. The van der Waals surface area contributed by atoms with Gasteiger partial charge in [-0.2, -0.15) is 0 Å². The number of hydrogen-bond donors (Lipinski definition) is 1. The molecule has 0 heterocycles. The van der Waals surface area contributed by atoms with Gasteiger partial charge < -0.3 is 10.1 Å². The van der Waals surface area contributed by atoms with Gasteiger partial charge in [-0.3, -0.25) is 9.59 Å². The highest BCUT2D eigenvalue weighted by atomic mass is 16.5. The van der Waals surface area contributed by atoms with Crippen LogP contribution in [0.15, 0.2) is 24.3 Å². The van der Waals surface area contributed by atoms with Crippen molar-refractivity contribution in [1.82, 2.24) is 0 Å². The standard InChI is InChI=1S/C21H27NO3/c1-14-4-2-3-5-18(14)22-19(23)13-25-20(24)12-21-9-15-6-16(10-21)8-17(7-15)11-21/h2-5,15-17H,6-13H2,1H3,(H,22,23). The predicted molar refractivity (Wildman–Crippen MR) is 96.0 cm³/mol. The van der Waals surface area contributed by atoms with Crippen molar-refractivity contribution in [1.29, 1.82) is 0 Å². The molecule has 134 valence electrons. The van der Waals surface area contributed by atoms with Crippen LogP contribution < -0.4 is 5.32 Å². The third-order valence-electron chi connectivity index (χ3n) is 6.47. The second-order valence-corrected chi connectivity index (χ2v) is 8.62. The van der Waals surface area contributed by atoms with E-state index in [1.807, 2.05) is 31.2 Å². The van der Waals surface area contributed by atoms with E-state index in [0.717, 1.165) is 29.0 Å². The molecule has 4 bridgehead atoms. The predicted octanol–water partition coefficient (Wildman–Crippen LogP) is 4.08. The molecule has 4 aliphatic carbocycles. The number of anilines is 1. The Balaban J connectivity index is 1.28. The van der Waals surface area contributed by atoms with Crippen molar-refractivity contribution < 1.29 is 14.3 Å². The summed E-state index contributed by atoms with van der Waals surface area (Å²) in [4.78, 5) is 24.4. The number of carbonyl (C=O) groups is 2. The highest BCUT2D eigenvalue weighted by Gasteiger charge is 2.51. The zero-order valence-electron chi connectivity index (χ0n) is 14.9. The summed E-state index contributed by atoms with van der Waals surface area (Å²) < 4.78 is 5.30. The molecule has 0 saturated heterocycles.